The normalized spacial score (nSPS) is 35.7. The van der Waals surface area contributed by atoms with E-state index in [1.807, 2.05) is 0 Å². The van der Waals surface area contributed by atoms with Gasteiger partial charge in [0.05, 0.1) is 5.41 Å². The first-order valence-corrected chi connectivity index (χ1v) is 10.1. The minimum atomic E-state index is -0.487. The van der Waals surface area contributed by atoms with Crippen LogP contribution < -0.4 is 9.47 Å². The molecule has 5 aliphatic rings. The molecule has 1 aromatic carbocycles. The van der Waals surface area contributed by atoms with E-state index in [9.17, 15) is 9.59 Å². The van der Waals surface area contributed by atoms with Crippen LogP contribution in [0.4, 0.5) is 0 Å². The fraction of sp³-hybridized carbons (Fsp3) is 0.619. The SMILES string of the molecule is O=C(COC(=O)C12C[C@@H]3C[C@@H](CC(Cl)(C3)C1)C2)c1ccc2c(c1)OCCO2. The second-order valence-electron chi connectivity index (χ2n) is 8.75. The van der Waals surface area contributed by atoms with Crippen LogP contribution in [-0.4, -0.2) is 36.4 Å². The van der Waals surface area contributed by atoms with Gasteiger partial charge >= 0.3 is 5.97 Å². The maximum absolute atomic E-state index is 12.9. The molecule has 4 saturated carbocycles. The molecule has 6 heteroatoms. The molecule has 4 atom stereocenters. The lowest BCUT2D eigenvalue weighted by molar-refractivity contribution is -0.168. The second-order valence-corrected chi connectivity index (χ2v) is 9.55. The van der Waals surface area contributed by atoms with Gasteiger partial charge < -0.3 is 14.2 Å². The Morgan fingerprint density at radius 1 is 1.07 bits per heavy atom. The van der Waals surface area contributed by atoms with Crippen molar-refractivity contribution in [3.05, 3.63) is 23.8 Å². The van der Waals surface area contributed by atoms with E-state index in [4.69, 9.17) is 25.8 Å². The average molecular weight is 391 g/mol. The van der Waals surface area contributed by atoms with Crippen molar-refractivity contribution in [1.29, 1.82) is 0 Å². The summed E-state index contributed by atoms with van der Waals surface area (Å²) >= 11 is 6.79. The quantitative estimate of drug-likeness (QED) is 0.445. The minimum absolute atomic E-state index is 0.231. The molecule has 0 radical (unpaired) electrons. The lowest BCUT2D eigenvalue weighted by Crippen LogP contribution is -2.56. The molecule has 5 nitrogen and oxygen atoms in total. The molecule has 4 fully saturated rings. The molecule has 2 unspecified atom stereocenters. The van der Waals surface area contributed by atoms with Gasteiger partial charge in [-0.15, -0.1) is 11.6 Å². The number of esters is 1. The van der Waals surface area contributed by atoms with Crippen LogP contribution in [0, 0.1) is 17.3 Å². The first kappa shape index (κ1) is 17.4. The van der Waals surface area contributed by atoms with Gasteiger partial charge in [-0.2, -0.15) is 0 Å². The third-order valence-electron chi connectivity index (χ3n) is 6.62. The van der Waals surface area contributed by atoms with Crippen LogP contribution in [0.5, 0.6) is 11.5 Å². The number of fused-ring (bicyclic) bond motifs is 1. The molecule has 0 saturated heterocycles. The number of halogens is 1. The summed E-state index contributed by atoms with van der Waals surface area (Å²) in [5.41, 5.74) is -0.0229. The summed E-state index contributed by atoms with van der Waals surface area (Å²) in [6.45, 7) is 0.722. The Bertz CT molecular complexity index is 790. The monoisotopic (exact) mass is 390 g/mol. The molecule has 144 valence electrons. The summed E-state index contributed by atoms with van der Waals surface area (Å²) in [7, 11) is 0. The fourth-order valence-electron chi connectivity index (χ4n) is 5.97. The number of carbonyl (C=O) groups is 2. The van der Waals surface area contributed by atoms with E-state index < -0.39 is 5.41 Å². The van der Waals surface area contributed by atoms with Gasteiger partial charge in [-0.1, -0.05) is 0 Å². The molecule has 6 rings (SSSR count). The van der Waals surface area contributed by atoms with Crippen molar-refractivity contribution in [2.45, 2.75) is 43.4 Å². The van der Waals surface area contributed by atoms with Gasteiger partial charge in [0.2, 0.25) is 0 Å². The largest absolute Gasteiger partial charge is 0.486 e. The van der Waals surface area contributed by atoms with Crippen molar-refractivity contribution < 1.29 is 23.8 Å². The number of rotatable bonds is 4. The van der Waals surface area contributed by atoms with E-state index in [0.717, 1.165) is 25.7 Å². The van der Waals surface area contributed by atoms with Crippen molar-refractivity contribution >= 4 is 23.4 Å². The Balaban J connectivity index is 1.26. The highest BCUT2D eigenvalue weighted by atomic mass is 35.5. The summed E-state index contributed by atoms with van der Waals surface area (Å²) in [5.74, 6) is 1.76. The van der Waals surface area contributed by atoms with Crippen molar-refractivity contribution in [1.82, 2.24) is 0 Å². The maximum atomic E-state index is 12.9. The second kappa shape index (κ2) is 6.13. The predicted octanol–water partition coefficient (Wildman–Crippen LogP) is 3.76. The van der Waals surface area contributed by atoms with E-state index in [2.05, 4.69) is 0 Å². The van der Waals surface area contributed by atoms with Gasteiger partial charge in [0.15, 0.2) is 23.9 Å². The van der Waals surface area contributed by atoms with Crippen LogP contribution in [-0.2, 0) is 9.53 Å². The van der Waals surface area contributed by atoms with E-state index in [0.29, 0.717) is 48.5 Å². The molecule has 0 N–H and O–H groups in total. The number of carbonyl (C=O) groups excluding carboxylic acids is 2. The first-order valence-electron chi connectivity index (χ1n) is 9.74. The van der Waals surface area contributed by atoms with Gasteiger partial charge in [-0.25, -0.2) is 0 Å². The number of hydrogen-bond acceptors (Lipinski definition) is 5. The number of alkyl halides is 1. The summed E-state index contributed by atoms with van der Waals surface area (Å²) in [6, 6.07) is 5.06. The number of Topliss-reactive ketones (excluding diaryl/α,β-unsaturated/α-hetero) is 1. The Labute approximate surface area is 163 Å². The van der Waals surface area contributed by atoms with Crippen LogP contribution in [0.15, 0.2) is 18.2 Å². The summed E-state index contributed by atoms with van der Waals surface area (Å²) in [5, 5.41) is 0. The molecule has 4 bridgehead atoms. The molecule has 1 aromatic rings. The van der Waals surface area contributed by atoms with Crippen LogP contribution >= 0.6 is 11.6 Å². The molecule has 0 spiro atoms. The molecule has 4 aliphatic carbocycles. The maximum Gasteiger partial charge on any atom is 0.312 e. The Hall–Kier alpha value is -1.75. The summed E-state index contributed by atoms with van der Waals surface area (Å²) < 4.78 is 16.5. The van der Waals surface area contributed by atoms with Crippen LogP contribution in [0.2, 0.25) is 0 Å². The molecule has 0 aromatic heterocycles. The van der Waals surface area contributed by atoms with E-state index in [1.54, 1.807) is 18.2 Å². The smallest absolute Gasteiger partial charge is 0.312 e. The van der Waals surface area contributed by atoms with E-state index in [-0.39, 0.29) is 23.2 Å². The van der Waals surface area contributed by atoms with E-state index >= 15 is 0 Å². The summed E-state index contributed by atoms with van der Waals surface area (Å²) in [6.07, 6.45) is 5.60. The molecule has 1 aliphatic heterocycles. The molecule has 27 heavy (non-hydrogen) atoms. The Kier molecular flexibility index (Phi) is 3.94. The molecule has 1 heterocycles. The highest BCUT2D eigenvalue weighted by molar-refractivity contribution is 6.24. The lowest BCUT2D eigenvalue weighted by Gasteiger charge is -2.58. The zero-order chi connectivity index (χ0) is 18.6. The summed E-state index contributed by atoms with van der Waals surface area (Å²) in [4.78, 5) is 25.2. The minimum Gasteiger partial charge on any atom is -0.486 e. The lowest BCUT2D eigenvalue weighted by atomic mass is 9.49. The van der Waals surface area contributed by atoms with Gasteiger partial charge in [-0.05, 0) is 68.6 Å². The first-order chi connectivity index (χ1) is 12.9. The zero-order valence-electron chi connectivity index (χ0n) is 15.2. The predicted molar refractivity (Wildman–Crippen MR) is 98.4 cm³/mol. The highest BCUT2D eigenvalue weighted by Gasteiger charge is 2.60. The van der Waals surface area contributed by atoms with Crippen LogP contribution in [0.3, 0.4) is 0 Å². The number of ether oxygens (including phenoxy) is 3. The highest BCUT2D eigenvalue weighted by Crippen LogP contribution is 2.64. The van der Waals surface area contributed by atoms with Crippen molar-refractivity contribution in [2.24, 2.45) is 17.3 Å². The zero-order valence-corrected chi connectivity index (χ0v) is 15.9. The molecular weight excluding hydrogens is 368 g/mol. The van der Waals surface area contributed by atoms with Gasteiger partial charge in [0.1, 0.15) is 13.2 Å². The molecular formula is C21H23ClO5. The van der Waals surface area contributed by atoms with Gasteiger partial charge in [-0.3, -0.25) is 9.59 Å². The van der Waals surface area contributed by atoms with Gasteiger partial charge in [0, 0.05) is 10.4 Å². The average Bonchev–Trinajstić information content (AvgIpc) is 2.63. The Morgan fingerprint density at radius 3 is 2.48 bits per heavy atom. The van der Waals surface area contributed by atoms with Crippen molar-refractivity contribution in [3.8, 4) is 11.5 Å². The van der Waals surface area contributed by atoms with Crippen LogP contribution in [0.25, 0.3) is 0 Å². The topological polar surface area (TPSA) is 61.8 Å². The number of benzene rings is 1. The van der Waals surface area contributed by atoms with Crippen molar-refractivity contribution in [2.75, 3.05) is 19.8 Å². The number of ketones is 1. The van der Waals surface area contributed by atoms with Gasteiger partial charge in [0.25, 0.3) is 0 Å². The fourth-order valence-corrected chi connectivity index (χ4v) is 6.67. The number of hydrogen-bond donors (Lipinski definition) is 0. The van der Waals surface area contributed by atoms with Crippen molar-refractivity contribution in [3.63, 3.8) is 0 Å². The molecule has 0 amide bonds. The standard InChI is InChI=1S/C21H23ClO5/c22-21-9-13-5-14(10-21)8-20(7-13,12-21)19(24)27-11-16(23)15-1-2-17-18(6-15)26-4-3-25-17/h1-2,6,13-14H,3-5,7-12H2/t13-,14+,20?,21?. The third kappa shape index (κ3) is 3.00. The van der Waals surface area contributed by atoms with E-state index in [1.165, 1.54) is 6.42 Å². The Morgan fingerprint density at radius 2 is 1.78 bits per heavy atom. The third-order valence-corrected chi connectivity index (χ3v) is 7.06. The van der Waals surface area contributed by atoms with Crippen LogP contribution in [0.1, 0.15) is 48.9 Å².